The first kappa shape index (κ1) is 14.8. The van der Waals surface area contributed by atoms with Crippen molar-refractivity contribution in [2.24, 2.45) is 11.7 Å². The molecule has 6 nitrogen and oxygen atoms in total. The Hall–Kier alpha value is -1.28. The van der Waals surface area contributed by atoms with E-state index in [1.807, 2.05) is 13.0 Å². The van der Waals surface area contributed by atoms with Crippen LogP contribution in [-0.4, -0.2) is 28.9 Å². The Balaban J connectivity index is 3.15. The van der Waals surface area contributed by atoms with E-state index in [0.717, 1.165) is 20.7 Å². The molecular formula is C11H18N4O2S. The molecule has 0 aliphatic heterocycles. The second-order valence-corrected chi connectivity index (χ2v) is 4.91. The van der Waals surface area contributed by atoms with Crippen molar-refractivity contribution in [3.8, 4) is 0 Å². The number of carbonyl (C=O) groups is 1. The van der Waals surface area contributed by atoms with E-state index in [1.54, 1.807) is 23.9 Å². The normalized spacial score (nSPS) is 10.3. The molecule has 0 aliphatic rings. The number of amides is 2. The van der Waals surface area contributed by atoms with Crippen molar-refractivity contribution >= 4 is 23.5 Å². The van der Waals surface area contributed by atoms with Gasteiger partial charge in [-0.15, -0.1) is 11.8 Å². The topological polar surface area (TPSA) is 95.8 Å². The summed E-state index contributed by atoms with van der Waals surface area (Å²) in [6.45, 7) is 1.82. The highest BCUT2D eigenvalue weighted by atomic mass is 32.2. The van der Waals surface area contributed by atoms with Crippen LogP contribution >= 0.6 is 11.8 Å². The highest BCUT2D eigenvalue weighted by Crippen LogP contribution is 2.30. The fourth-order valence-electron chi connectivity index (χ4n) is 1.50. The molecule has 5 N–H and O–H groups in total. The van der Waals surface area contributed by atoms with Crippen molar-refractivity contribution in [3.63, 3.8) is 0 Å². The van der Waals surface area contributed by atoms with E-state index in [4.69, 9.17) is 11.7 Å². The summed E-state index contributed by atoms with van der Waals surface area (Å²) in [5.41, 5.74) is 1.08. The Labute approximate surface area is 110 Å². The highest BCUT2D eigenvalue weighted by Gasteiger charge is 2.18. The number of carbonyl (C=O) groups excluding carboxylic acids is 1. The van der Waals surface area contributed by atoms with E-state index in [9.17, 15) is 9.90 Å². The first-order valence-electron chi connectivity index (χ1n) is 5.45. The quantitative estimate of drug-likeness (QED) is 0.327. The molecule has 0 bridgehead atoms. The number of urea groups is 1. The van der Waals surface area contributed by atoms with Gasteiger partial charge in [-0.25, -0.2) is 21.5 Å². The van der Waals surface area contributed by atoms with Gasteiger partial charge in [0.2, 0.25) is 0 Å². The number of aliphatic hydroxyl groups excluding tert-OH is 1. The van der Waals surface area contributed by atoms with E-state index < -0.39 is 6.03 Å². The van der Waals surface area contributed by atoms with Crippen LogP contribution in [0.4, 0.5) is 10.5 Å². The summed E-state index contributed by atoms with van der Waals surface area (Å²) in [7, 11) is 1.41. The van der Waals surface area contributed by atoms with E-state index in [0.29, 0.717) is 11.3 Å². The summed E-state index contributed by atoms with van der Waals surface area (Å²) in [6.07, 6.45) is 0. The Morgan fingerprint density at radius 3 is 2.61 bits per heavy atom. The summed E-state index contributed by atoms with van der Waals surface area (Å²) in [4.78, 5) is 12.6. The van der Waals surface area contributed by atoms with Crippen LogP contribution < -0.4 is 16.7 Å². The third-order valence-electron chi connectivity index (χ3n) is 2.33. The maximum atomic E-state index is 11.7. The number of hydrogen-bond acceptors (Lipinski definition) is 5. The van der Waals surface area contributed by atoms with Gasteiger partial charge < -0.3 is 5.11 Å². The molecule has 100 valence electrons. The zero-order valence-corrected chi connectivity index (χ0v) is 11.3. The molecule has 0 aliphatic carbocycles. The predicted molar refractivity (Wildman–Crippen MR) is 72.8 cm³/mol. The van der Waals surface area contributed by atoms with Crippen molar-refractivity contribution < 1.29 is 9.90 Å². The van der Waals surface area contributed by atoms with Gasteiger partial charge in [-0.3, -0.25) is 5.01 Å². The molecule has 1 aromatic rings. The van der Waals surface area contributed by atoms with Gasteiger partial charge in [0.1, 0.15) is 0 Å². The maximum Gasteiger partial charge on any atom is 0.352 e. The van der Waals surface area contributed by atoms with Gasteiger partial charge >= 0.3 is 6.03 Å². The lowest BCUT2D eigenvalue weighted by molar-refractivity contribution is 0.216. The molecule has 0 saturated carbocycles. The SMILES string of the molecule is CCSc1cccc(N(N)C(=O)N(C)N)c1CO. The minimum absolute atomic E-state index is 0.187. The lowest BCUT2D eigenvalue weighted by Gasteiger charge is -2.23. The average Bonchev–Trinajstić information content (AvgIpc) is 2.37. The minimum atomic E-state index is -0.552. The number of hydrogen-bond donors (Lipinski definition) is 3. The number of anilines is 1. The number of nitrogens with zero attached hydrogens (tertiary/aromatic N) is 2. The molecule has 0 fully saturated rings. The van der Waals surface area contributed by atoms with Crippen molar-refractivity contribution in [1.82, 2.24) is 5.01 Å². The number of hydrazine groups is 2. The minimum Gasteiger partial charge on any atom is -0.392 e. The molecule has 1 rings (SSSR count). The summed E-state index contributed by atoms with van der Waals surface area (Å²) < 4.78 is 0. The third-order valence-corrected chi connectivity index (χ3v) is 3.32. The molecular weight excluding hydrogens is 252 g/mol. The van der Waals surface area contributed by atoms with Crippen LogP contribution in [0.5, 0.6) is 0 Å². The molecule has 0 saturated heterocycles. The van der Waals surface area contributed by atoms with Crippen molar-refractivity contribution in [2.75, 3.05) is 17.8 Å². The molecule has 0 heterocycles. The number of aliphatic hydroxyl groups is 1. The molecule has 18 heavy (non-hydrogen) atoms. The van der Waals surface area contributed by atoms with Gasteiger partial charge in [-0.2, -0.15) is 0 Å². The number of thioether (sulfide) groups is 1. The van der Waals surface area contributed by atoms with Crippen molar-refractivity contribution in [2.45, 2.75) is 18.4 Å². The van der Waals surface area contributed by atoms with E-state index in [1.165, 1.54) is 7.05 Å². The van der Waals surface area contributed by atoms with Crippen LogP contribution in [0.15, 0.2) is 23.1 Å². The highest BCUT2D eigenvalue weighted by molar-refractivity contribution is 7.99. The molecule has 0 aromatic heterocycles. The third kappa shape index (κ3) is 3.14. The molecule has 0 atom stereocenters. The van der Waals surface area contributed by atoms with Gasteiger partial charge in [0.15, 0.2) is 0 Å². The van der Waals surface area contributed by atoms with Gasteiger partial charge in [-0.1, -0.05) is 13.0 Å². The smallest absolute Gasteiger partial charge is 0.352 e. The van der Waals surface area contributed by atoms with E-state index in [2.05, 4.69) is 0 Å². The van der Waals surface area contributed by atoms with Gasteiger partial charge in [0.05, 0.1) is 12.3 Å². The van der Waals surface area contributed by atoms with Crippen molar-refractivity contribution in [3.05, 3.63) is 23.8 Å². The van der Waals surface area contributed by atoms with E-state index in [-0.39, 0.29) is 6.61 Å². The molecule has 1 aromatic carbocycles. The Morgan fingerprint density at radius 2 is 2.11 bits per heavy atom. The Bertz CT molecular complexity index is 426. The second-order valence-electron chi connectivity index (χ2n) is 3.61. The molecule has 7 heteroatoms. The fourth-order valence-corrected chi connectivity index (χ4v) is 2.33. The summed E-state index contributed by atoms with van der Waals surface area (Å²) >= 11 is 1.58. The standard InChI is InChI=1S/C11H18N4O2S/c1-3-18-10-6-4-5-9(8(10)7-16)15(13)11(17)14(2)12/h4-6,16H,3,7,12-13H2,1-2H3. The zero-order valence-electron chi connectivity index (χ0n) is 10.5. The zero-order chi connectivity index (χ0) is 13.7. The predicted octanol–water partition coefficient (Wildman–Crippen LogP) is 0.897. The Morgan fingerprint density at radius 1 is 1.44 bits per heavy atom. The van der Waals surface area contributed by atoms with Gasteiger partial charge in [-0.05, 0) is 17.9 Å². The summed E-state index contributed by atoms with van der Waals surface area (Å²) in [5, 5.41) is 11.3. The van der Waals surface area contributed by atoms with Gasteiger partial charge in [0.25, 0.3) is 0 Å². The fraction of sp³-hybridized carbons (Fsp3) is 0.364. The first-order chi connectivity index (χ1) is 8.52. The number of rotatable bonds is 4. The van der Waals surface area contributed by atoms with Crippen LogP contribution in [-0.2, 0) is 6.61 Å². The molecule has 0 unspecified atom stereocenters. The van der Waals surface area contributed by atoms with Crippen LogP contribution in [0.1, 0.15) is 12.5 Å². The number of benzene rings is 1. The van der Waals surface area contributed by atoms with Crippen LogP contribution in [0.25, 0.3) is 0 Å². The van der Waals surface area contributed by atoms with Crippen LogP contribution in [0.3, 0.4) is 0 Å². The first-order valence-corrected chi connectivity index (χ1v) is 6.44. The van der Waals surface area contributed by atoms with Crippen molar-refractivity contribution in [1.29, 1.82) is 0 Å². The van der Waals surface area contributed by atoms with Gasteiger partial charge in [0, 0.05) is 17.5 Å². The molecule has 2 amide bonds. The molecule has 0 spiro atoms. The lowest BCUT2D eigenvalue weighted by atomic mass is 10.2. The Kier molecular flexibility index (Phi) is 5.42. The molecule has 0 radical (unpaired) electrons. The lowest BCUT2D eigenvalue weighted by Crippen LogP contribution is -2.49. The largest absolute Gasteiger partial charge is 0.392 e. The number of nitrogens with two attached hydrogens (primary N) is 2. The average molecular weight is 270 g/mol. The van der Waals surface area contributed by atoms with Crippen LogP contribution in [0.2, 0.25) is 0 Å². The van der Waals surface area contributed by atoms with E-state index >= 15 is 0 Å². The second kappa shape index (κ2) is 6.60. The summed E-state index contributed by atoms with van der Waals surface area (Å²) in [5.74, 6) is 11.9. The van der Waals surface area contributed by atoms with Crippen LogP contribution in [0, 0.1) is 0 Å². The summed E-state index contributed by atoms with van der Waals surface area (Å²) in [6, 6.07) is 4.79. The maximum absolute atomic E-state index is 11.7. The monoisotopic (exact) mass is 270 g/mol.